The zero-order valence-electron chi connectivity index (χ0n) is 9.80. The number of hydrogen-bond donors (Lipinski definition) is 4. The van der Waals surface area contributed by atoms with E-state index in [1.807, 2.05) is 0 Å². The molecule has 0 amide bonds. The molecule has 2 unspecified atom stereocenters. The van der Waals surface area contributed by atoms with Crippen molar-refractivity contribution in [2.45, 2.75) is 12.2 Å². The summed E-state index contributed by atoms with van der Waals surface area (Å²) >= 11 is 0.284. The molecule has 0 fully saturated rings. The van der Waals surface area contributed by atoms with E-state index in [1.54, 1.807) is 0 Å². The maximum absolute atomic E-state index is 11.0. The summed E-state index contributed by atoms with van der Waals surface area (Å²) in [5.41, 5.74) is 0. The van der Waals surface area contributed by atoms with Gasteiger partial charge in [-0.3, -0.25) is 0 Å². The van der Waals surface area contributed by atoms with Gasteiger partial charge in [-0.05, 0) is 0 Å². The molecule has 21 heavy (non-hydrogen) atoms. The highest BCUT2D eigenvalue weighted by Gasteiger charge is 2.46. The summed E-state index contributed by atoms with van der Waals surface area (Å²) in [6.45, 7) is 0. The van der Waals surface area contributed by atoms with Crippen LogP contribution >= 0.6 is 11.3 Å². The molecule has 0 bridgehead atoms. The van der Waals surface area contributed by atoms with Crippen LogP contribution in [0.4, 0.5) is 0 Å². The first-order valence-corrected chi connectivity index (χ1v) is 5.98. The Morgan fingerprint density at radius 1 is 0.762 bits per heavy atom. The number of rotatable bonds is 4. The van der Waals surface area contributed by atoms with Gasteiger partial charge in [0, 0.05) is 0 Å². The monoisotopic (exact) mass is 318 g/mol. The second-order valence-corrected chi connectivity index (χ2v) is 4.80. The van der Waals surface area contributed by atoms with Gasteiger partial charge in [0.25, 0.3) is 0 Å². The van der Waals surface area contributed by atoms with Gasteiger partial charge in [0.15, 0.2) is 21.3 Å². The Labute approximate surface area is 118 Å². The fourth-order valence-electron chi connectivity index (χ4n) is 1.63. The Hall–Kier alpha value is -2.82. The SMILES string of the molecule is O=C(O)c1sc(C(=O)O)c2c1OC(C(=O)O)C(C(=O)O)O2. The third-order valence-electron chi connectivity index (χ3n) is 2.46. The van der Waals surface area contributed by atoms with E-state index in [9.17, 15) is 19.2 Å². The number of ether oxygens (including phenoxy) is 2. The van der Waals surface area contributed by atoms with Crippen LogP contribution in [0.25, 0.3) is 0 Å². The minimum Gasteiger partial charge on any atom is -0.478 e. The molecule has 0 saturated heterocycles. The first-order valence-electron chi connectivity index (χ1n) is 5.16. The van der Waals surface area contributed by atoms with Crippen molar-refractivity contribution in [2.24, 2.45) is 0 Å². The number of aromatic carboxylic acids is 2. The molecule has 10 nitrogen and oxygen atoms in total. The largest absolute Gasteiger partial charge is 0.478 e. The van der Waals surface area contributed by atoms with Gasteiger partial charge in [-0.25, -0.2) is 19.2 Å². The number of fused-ring (bicyclic) bond motifs is 1. The lowest BCUT2D eigenvalue weighted by atomic mass is 10.1. The minimum absolute atomic E-state index is 0.284. The smallest absolute Gasteiger partial charge is 0.349 e. The summed E-state index contributed by atoms with van der Waals surface area (Å²) in [5, 5.41) is 35.7. The van der Waals surface area contributed by atoms with Gasteiger partial charge >= 0.3 is 23.9 Å². The molecule has 2 rings (SSSR count). The van der Waals surface area contributed by atoms with Gasteiger partial charge < -0.3 is 29.9 Å². The Morgan fingerprint density at radius 3 is 1.33 bits per heavy atom. The van der Waals surface area contributed by atoms with Crippen LogP contribution in [0.5, 0.6) is 11.5 Å². The zero-order chi connectivity index (χ0) is 15.9. The average molecular weight is 318 g/mol. The second kappa shape index (κ2) is 4.94. The molecule has 4 N–H and O–H groups in total. The first kappa shape index (κ1) is 14.6. The molecule has 0 saturated carbocycles. The highest BCUT2D eigenvalue weighted by molar-refractivity contribution is 7.16. The predicted molar refractivity (Wildman–Crippen MR) is 62.3 cm³/mol. The van der Waals surface area contributed by atoms with Gasteiger partial charge in [0.2, 0.25) is 12.2 Å². The molecule has 11 heteroatoms. The first-order chi connectivity index (χ1) is 9.73. The summed E-state index contributed by atoms with van der Waals surface area (Å²) in [6, 6.07) is 0. The summed E-state index contributed by atoms with van der Waals surface area (Å²) in [4.78, 5) is 42.8. The van der Waals surface area contributed by atoms with Crippen LogP contribution in [0, 0.1) is 0 Å². The van der Waals surface area contributed by atoms with E-state index in [-0.39, 0.29) is 11.3 Å². The Morgan fingerprint density at radius 2 is 1.10 bits per heavy atom. The molecule has 1 aromatic rings. The van der Waals surface area contributed by atoms with Crippen molar-refractivity contribution in [1.29, 1.82) is 0 Å². The van der Waals surface area contributed by atoms with Gasteiger partial charge in [-0.15, -0.1) is 11.3 Å². The molecular formula is C10H6O10S. The number of hydrogen-bond acceptors (Lipinski definition) is 7. The van der Waals surface area contributed by atoms with Crippen LogP contribution in [0.1, 0.15) is 19.3 Å². The Kier molecular flexibility index (Phi) is 3.43. The number of aliphatic carboxylic acids is 2. The molecule has 2 atom stereocenters. The third kappa shape index (κ3) is 2.33. The Bertz CT molecular complexity index is 605. The van der Waals surface area contributed by atoms with Gasteiger partial charge in [0.05, 0.1) is 0 Å². The van der Waals surface area contributed by atoms with Gasteiger partial charge in [-0.1, -0.05) is 0 Å². The summed E-state index contributed by atoms with van der Waals surface area (Å²) in [6.07, 6.45) is -3.99. The fourth-order valence-corrected chi connectivity index (χ4v) is 2.48. The quantitative estimate of drug-likeness (QED) is 0.584. The van der Waals surface area contributed by atoms with Crippen molar-refractivity contribution in [2.75, 3.05) is 0 Å². The van der Waals surface area contributed by atoms with Gasteiger partial charge in [0.1, 0.15) is 0 Å². The molecule has 0 aromatic carbocycles. The summed E-state index contributed by atoms with van der Waals surface area (Å²) in [5.74, 6) is -7.68. The molecule has 2 heterocycles. The molecule has 0 radical (unpaired) electrons. The van der Waals surface area contributed by atoms with E-state index in [2.05, 4.69) is 0 Å². The molecule has 1 aliphatic heterocycles. The van der Waals surface area contributed by atoms with E-state index >= 15 is 0 Å². The topological polar surface area (TPSA) is 168 Å². The van der Waals surface area contributed by atoms with Crippen molar-refractivity contribution >= 4 is 35.2 Å². The molecular weight excluding hydrogens is 312 g/mol. The van der Waals surface area contributed by atoms with E-state index in [4.69, 9.17) is 29.9 Å². The molecule has 1 aliphatic rings. The van der Waals surface area contributed by atoms with Crippen LogP contribution in [0.15, 0.2) is 0 Å². The number of thiophene rings is 1. The average Bonchev–Trinajstić information content (AvgIpc) is 2.75. The van der Waals surface area contributed by atoms with Crippen LogP contribution < -0.4 is 9.47 Å². The van der Waals surface area contributed by atoms with Crippen LogP contribution in [0.2, 0.25) is 0 Å². The Balaban J connectivity index is 2.60. The van der Waals surface area contributed by atoms with Crippen molar-refractivity contribution in [1.82, 2.24) is 0 Å². The molecule has 0 spiro atoms. The molecule has 0 aliphatic carbocycles. The number of carbonyl (C=O) groups is 4. The van der Waals surface area contributed by atoms with Crippen LogP contribution in [0.3, 0.4) is 0 Å². The minimum atomic E-state index is -2.00. The zero-order valence-corrected chi connectivity index (χ0v) is 10.6. The lowest BCUT2D eigenvalue weighted by Crippen LogP contribution is -2.49. The second-order valence-electron chi connectivity index (χ2n) is 3.78. The number of carboxylic acids is 4. The van der Waals surface area contributed by atoms with Crippen molar-refractivity contribution < 1.29 is 49.1 Å². The summed E-state index contributed by atoms with van der Waals surface area (Å²) in [7, 11) is 0. The van der Waals surface area contributed by atoms with Crippen LogP contribution in [-0.2, 0) is 9.59 Å². The maximum atomic E-state index is 11.0. The summed E-state index contributed by atoms with van der Waals surface area (Å²) < 4.78 is 9.70. The highest BCUT2D eigenvalue weighted by atomic mass is 32.1. The van der Waals surface area contributed by atoms with E-state index in [0.29, 0.717) is 0 Å². The lowest BCUT2D eigenvalue weighted by Gasteiger charge is -2.27. The van der Waals surface area contributed by atoms with Gasteiger partial charge in [-0.2, -0.15) is 0 Å². The molecule has 112 valence electrons. The van der Waals surface area contributed by atoms with Crippen molar-refractivity contribution in [3.8, 4) is 11.5 Å². The van der Waals surface area contributed by atoms with Crippen molar-refractivity contribution in [3.63, 3.8) is 0 Å². The van der Waals surface area contributed by atoms with E-state index in [0.717, 1.165) is 0 Å². The van der Waals surface area contributed by atoms with Crippen molar-refractivity contribution in [3.05, 3.63) is 9.75 Å². The molecule has 1 aromatic heterocycles. The standard InChI is InChI=1S/C10H6O10S/c11-7(12)3-4(8(13)14)20-2-1(19-3)5(9(15)16)21-6(2)10(17)18/h3-4H,(H,11,12)(H,13,14)(H,15,16)(H,17,18). The predicted octanol–water partition coefficient (Wildman–Crippen LogP) is -0.178. The highest BCUT2D eigenvalue weighted by Crippen LogP contribution is 2.46. The normalized spacial score (nSPS) is 19.8. The van der Waals surface area contributed by atoms with E-state index < -0.39 is 57.3 Å². The lowest BCUT2D eigenvalue weighted by molar-refractivity contribution is -0.164. The fraction of sp³-hybridized carbons (Fsp3) is 0.200. The number of carboxylic acid groups (broad SMARTS) is 4. The van der Waals surface area contributed by atoms with E-state index in [1.165, 1.54) is 0 Å². The third-order valence-corrected chi connectivity index (χ3v) is 3.59. The van der Waals surface area contributed by atoms with Crippen LogP contribution in [-0.4, -0.2) is 56.5 Å². The maximum Gasteiger partial charge on any atom is 0.349 e.